The van der Waals surface area contributed by atoms with Gasteiger partial charge in [-0.15, -0.1) is 0 Å². The standard InChI is InChI=1S/C17H24N2O5S/c1-12-7-9-14(10-8-12)19-25(23,24)11-15(20)18-16(17(21)22)13-5-3-2-4-6-13/h2-6,12,14,16,19H,7-11H2,1H3,(H,18,20)(H,21,22)/t12?,14?,16-/m1/s1. The lowest BCUT2D eigenvalue weighted by molar-refractivity contribution is -0.141. The summed E-state index contributed by atoms with van der Waals surface area (Å²) in [6, 6.07) is 6.73. The molecule has 2 rings (SSSR count). The minimum Gasteiger partial charge on any atom is -0.479 e. The summed E-state index contributed by atoms with van der Waals surface area (Å²) >= 11 is 0. The summed E-state index contributed by atoms with van der Waals surface area (Å²) in [5, 5.41) is 11.6. The summed E-state index contributed by atoms with van der Waals surface area (Å²) in [5.41, 5.74) is 0.384. The van der Waals surface area contributed by atoms with E-state index in [2.05, 4.69) is 17.0 Å². The smallest absolute Gasteiger partial charge is 0.330 e. The fraction of sp³-hybridized carbons (Fsp3) is 0.529. The molecule has 1 aromatic carbocycles. The van der Waals surface area contributed by atoms with E-state index in [9.17, 15) is 23.1 Å². The molecular formula is C17H24N2O5S. The maximum Gasteiger partial charge on any atom is 0.330 e. The van der Waals surface area contributed by atoms with Crippen LogP contribution >= 0.6 is 0 Å². The van der Waals surface area contributed by atoms with Gasteiger partial charge in [-0.2, -0.15) is 0 Å². The Morgan fingerprint density at radius 2 is 1.76 bits per heavy atom. The van der Waals surface area contributed by atoms with Crippen molar-refractivity contribution < 1.29 is 23.1 Å². The maximum absolute atomic E-state index is 12.2. The van der Waals surface area contributed by atoms with E-state index in [1.54, 1.807) is 30.3 Å². The fourth-order valence-electron chi connectivity index (χ4n) is 2.98. The minimum atomic E-state index is -3.81. The van der Waals surface area contributed by atoms with Crippen molar-refractivity contribution in [2.75, 3.05) is 5.75 Å². The fourth-order valence-corrected chi connectivity index (χ4v) is 4.24. The summed E-state index contributed by atoms with van der Waals surface area (Å²) in [6.45, 7) is 2.13. The molecule has 0 radical (unpaired) electrons. The van der Waals surface area contributed by atoms with Gasteiger partial charge in [0.25, 0.3) is 0 Å². The topological polar surface area (TPSA) is 113 Å². The van der Waals surface area contributed by atoms with Crippen molar-refractivity contribution in [2.24, 2.45) is 5.92 Å². The van der Waals surface area contributed by atoms with Gasteiger partial charge >= 0.3 is 5.97 Å². The van der Waals surface area contributed by atoms with E-state index >= 15 is 0 Å². The molecule has 0 saturated heterocycles. The van der Waals surface area contributed by atoms with Crippen LogP contribution in [0.15, 0.2) is 30.3 Å². The first-order valence-electron chi connectivity index (χ1n) is 8.34. The van der Waals surface area contributed by atoms with E-state index in [1.807, 2.05) is 0 Å². The molecule has 7 nitrogen and oxygen atoms in total. The lowest BCUT2D eigenvalue weighted by Crippen LogP contribution is -2.44. The predicted molar refractivity (Wildman–Crippen MR) is 93.3 cm³/mol. The van der Waals surface area contributed by atoms with Crippen LogP contribution in [0.4, 0.5) is 0 Å². The molecule has 0 spiro atoms. The molecule has 1 saturated carbocycles. The average molecular weight is 368 g/mol. The van der Waals surface area contributed by atoms with Crippen LogP contribution in [0.1, 0.15) is 44.2 Å². The summed E-state index contributed by atoms with van der Waals surface area (Å²) in [7, 11) is -3.81. The Labute approximate surface area is 147 Å². The number of aliphatic carboxylic acids is 1. The van der Waals surface area contributed by atoms with Crippen LogP contribution in [0.5, 0.6) is 0 Å². The lowest BCUT2D eigenvalue weighted by atomic mass is 9.88. The van der Waals surface area contributed by atoms with Gasteiger partial charge in [0, 0.05) is 6.04 Å². The summed E-state index contributed by atoms with van der Waals surface area (Å²) in [4.78, 5) is 23.4. The Morgan fingerprint density at radius 3 is 2.32 bits per heavy atom. The van der Waals surface area contributed by atoms with Crippen molar-refractivity contribution >= 4 is 21.9 Å². The van der Waals surface area contributed by atoms with E-state index < -0.39 is 33.7 Å². The van der Waals surface area contributed by atoms with Crippen LogP contribution < -0.4 is 10.0 Å². The van der Waals surface area contributed by atoms with Crippen molar-refractivity contribution in [1.82, 2.24) is 10.0 Å². The Bertz CT molecular complexity index is 697. The van der Waals surface area contributed by atoms with E-state index in [0.29, 0.717) is 11.5 Å². The third kappa shape index (κ3) is 6.13. The van der Waals surface area contributed by atoms with Crippen LogP contribution in [-0.2, 0) is 19.6 Å². The number of carbonyl (C=O) groups is 2. The highest BCUT2D eigenvalue weighted by Crippen LogP contribution is 2.23. The first kappa shape index (κ1) is 19.4. The van der Waals surface area contributed by atoms with E-state index in [-0.39, 0.29) is 6.04 Å². The normalized spacial score (nSPS) is 22.1. The molecule has 0 aliphatic heterocycles. The van der Waals surface area contributed by atoms with Gasteiger partial charge in [-0.3, -0.25) is 4.79 Å². The molecular weight excluding hydrogens is 344 g/mol. The van der Waals surface area contributed by atoms with Crippen LogP contribution in [0.25, 0.3) is 0 Å². The predicted octanol–water partition coefficient (Wildman–Crippen LogP) is 1.43. The number of carbonyl (C=O) groups excluding carboxylic acids is 1. The average Bonchev–Trinajstić information content (AvgIpc) is 2.54. The number of amides is 1. The van der Waals surface area contributed by atoms with Gasteiger partial charge < -0.3 is 10.4 Å². The molecule has 1 aliphatic rings. The number of rotatable bonds is 7. The zero-order chi connectivity index (χ0) is 18.4. The largest absolute Gasteiger partial charge is 0.479 e. The number of carboxylic acids is 1. The minimum absolute atomic E-state index is 0.154. The van der Waals surface area contributed by atoms with Crippen molar-refractivity contribution in [3.63, 3.8) is 0 Å². The van der Waals surface area contributed by atoms with Gasteiger partial charge in [0.15, 0.2) is 6.04 Å². The third-order valence-corrected chi connectivity index (χ3v) is 5.70. The molecule has 1 fully saturated rings. The van der Waals surface area contributed by atoms with Gasteiger partial charge in [-0.05, 0) is 37.2 Å². The number of benzene rings is 1. The highest BCUT2D eigenvalue weighted by molar-refractivity contribution is 7.90. The lowest BCUT2D eigenvalue weighted by Gasteiger charge is -2.26. The van der Waals surface area contributed by atoms with Crippen molar-refractivity contribution in [3.8, 4) is 0 Å². The molecule has 1 amide bonds. The molecule has 0 aromatic heterocycles. The van der Waals surface area contributed by atoms with Gasteiger partial charge in [-0.25, -0.2) is 17.9 Å². The quantitative estimate of drug-likeness (QED) is 0.674. The number of carboxylic acid groups (broad SMARTS) is 1. The number of sulfonamides is 1. The van der Waals surface area contributed by atoms with Crippen molar-refractivity contribution in [2.45, 2.75) is 44.7 Å². The summed E-state index contributed by atoms with van der Waals surface area (Å²) < 4.78 is 26.9. The zero-order valence-electron chi connectivity index (χ0n) is 14.1. The Morgan fingerprint density at radius 1 is 1.16 bits per heavy atom. The second-order valence-electron chi connectivity index (χ2n) is 6.58. The molecule has 1 aromatic rings. The zero-order valence-corrected chi connectivity index (χ0v) is 15.0. The number of nitrogens with one attached hydrogen (secondary N) is 2. The van der Waals surface area contributed by atoms with Crippen LogP contribution in [0.2, 0.25) is 0 Å². The number of hydrogen-bond donors (Lipinski definition) is 3. The summed E-state index contributed by atoms with van der Waals surface area (Å²) in [6.07, 6.45) is 3.41. The van der Waals surface area contributed by atoms with Gasteiger partial charge in [0.2, 0.25) is 15.9 Å². The highest BCUT2D eigenvalue weighted by Gasteiger charge is 2.27. The Hall–Kier alpha value is -1.93. The number of hydrogen-bond acceptors (Lipinski definition) is 4. The second kappa shape index (κ2) is 8.44. The molecule has 25 heavy (non-hydrogen) atoms. The first-order valence-corrected chi connectivity index (χ1v) is 9.99. The molecule has 0 bridgehead atoms. The molecule has 138 valence electrons. The maximum atomic E-state index is 12.2. The molecule has 1 atom stereocenters. The van der Waals surface area contributed by atoms with E-state index in [0.717, 1.165) is 25.7 Å². The molecule has 1 aliphatic carbocycles. The second-order valence-corrected chi connectivity index (χ2v) is 8.34. The van der Waals surface area contributed by atoms with E-state index in [4.69, 9.17) is 0 Å². The SMILES string of the molecule is CC1CCC(NS(=O)(=O)CC(=O)N[C@@H](C(=O)O)c2ccccc2)CC1. The molecule has 0 unspecified atom stereocenters. The Kier molecular flexibility index (Phi) is 6.55. The van der Waals surface area contributed by atoms with Gasteiger partial charge in [-0.1, -0.05) is 37.3 Å². The van der Waals surface area contributed by atoms with Crippen LogP contribution in [0, 0.1) is 5.92 Å². The Balaban J connectivity index is 1.94. The third-order valence-electron chi connectivity index (χ3n) is 4.37. The van der Waals surface area contributed by atoms with Gasteiger partial charge in [0.05, 0.1) is 0 Å². The first-order chi connectivity index (χ1) is 11.8. The van der Waals surface area contributed by atoms with Crippen LogP contribution in [-0.4, -0.2) is 37.2 Å². The van der Waals surface area contributed by atoms with Crippen molar-refractivity contribution in [3.05, 3.63) is 35.9 Å². The van der Waals surface area contributed by atoms with E-state index in [1.165, 1.54) is 0 Å². The monoisotopic (exact) mass is 368 g/mol. The molecule has 0 heterocycles. The van der Waals surface area contributed by atoms with Crippen molar-refractivity contribution in [1.29, 1.82) is 0 Å². The molecule has 8 heteroatoms. The van der Waals surface area contributed by atoms with Crippen LogP contribution in [0.3, 0.4) is 0 Å². The van der Waals surface area contributed by atoms with Gasteiger partial charge in [0.1, 0.15) is 5.75 Å². The summed E-state index contributed by atoms with van der Waals surface area (Å²) in [5.74, 6) is -2.28. The molecule has 3 N–H and O–H groups in total. The highest BCUT2D eigenvalue weighted by atomic mass is 32.2.